The molecule has 0 saturated heterocycles. The number of aryl methyl sites for hydroxylation is 1. The number of nitrogens with zero attached hydrogens (tertiary/aromatic N) is 1. The molecule has 1 aromatic rings. The molecule has 106 valence electrons. The highest BCUT2D eigenvalue weighted by molar-refractivity contribution is 5.87. The van der Waals surface area contributed by atoms with Crippen LogP contribution in [0.4, 0.5) is 0 Å². The third kappa shape index (κ3) is 1.72. The van der Waals surface area contributed by atoms with Gasteiger partial charge in [0.15, 0.2) is 5.69 Å². The van der Waals surface area contributed by atoms with E-state index in [1.807, 2.05) is 6.07 Å². The molecular weight excluding hydrogens is 250 g/mol. The summed E-state index contributed by atoms with van der Waals surface area (Å²) in [6.45, 7) is 2.05. The molecule has 0 aliphatic heterocycles. The lowest BCUT2D eigenvalue weighted by atomic mass is 9.50. The summed E-state index contributed by atoms with van der Waals surface area (Å²) in [6.07, 6.45) is 8.31. The predicted molar refractivity (Wildman–Crippen MR) is 75.7 cm³/mol. The third-order valence-electron chi connectivity index (χ3n) is 5.97. The Morgan fingerprint density at radius 3 is 2.30 bits per heavy atom. The number of carboxylic acid groups (broad SMARTS) is 1. The fourth-order valence-corrected chi connectivity index (χ4v) is 5.56. The largest absolute Gasteiger partial charge is 0.477 e. The quantitative estimate of drug-likeness (QED) is 0.893. The first-order valence-corrected chi connectivity index (χ1v) is 7.82. The second-order valence-electron chi connectivity index (χ2n) is 7.15. The van der Waals surface area contributed by atoms with E-state index in [4.69, 9.17) is 0 Å². The first-order valence-electron chi connectivity index (χ1n) is 7.82. The molecule has 0 unspecified atom stereocenters. The van der Waals surface area contributed by atoms with Gasteiger partial charge in [-0.05, 0) is 85.8 Å². The van der Waals surface area contributed by atoms with Gasteiger partial charge in [0.2, 0.25) is 0 Å². The second-order valence-corrected chi connectivity index (χ2v) is 7.15. The summed E-state index contributed by atoms with van der Waals surface area (Å²) in [7, 11) is 0. The number of hydrogen-bond donors (Lipinski definition) is 1. The van der Waals surface area contributed by atoms with E-state index >= 15 is 0 Å². The number of carboxylic acids is 1. The first-order chi connectivity index (χ1) is 9.63. The Labute approximate surface area is 119 Å². The van der Waals surface area contributed by atoms with Crippen LogP contribution in [-0.4, -0.2) is 16.1 Å². The highest BCUT2D eigenvalue weighted by Crippen LogP contribution is 2.60. The Hall–Kier alpha value is -1.38. The molecule has 3 nitrogen and oxygen atoms in total. The number of rotatable bonds is 2. The second kappa shape index (κ2) is 4.31. The summed E-state index contributed by atoms with van der Waals surface area (Å²) >= 11 is 0. The molecule has 1 aromatic heterocycles. The van der Waals surface area contributed by atoms with Crippen LogP contribution in [0.25, 0.3) is 0 Å². The Morgan fingerprint density at radius 2 is 1.75 bits per heavy atom. The van der Waals surface area contributed by atoms with Crippen LogP contribution in [0.1, 0.15) is 59.6 Å². The van der Waals surface area contributed by atoms with Crippen molar-refractivity contribution in [3.63, 3.8) is 0 Å². The maximum absolute atomic E-state index is 11.5. The molecule has 0 aromatic carbocycles. The van der Waals surface area contributed by atoms with Crippen LogP contribution in [0.15, 0.2) is 12.3 Å². The lowest BCUT2D eigenvalue weighted by molar-refractivity contribution is -0.00350. The highest BCUT2D eigenvalue weighted by Gasteiger charge is 2.49. The van der Waals surface area contributed by atoms with Crippen molar-refractivity contribution >= 4 is 5.97 Å². The van der Waals surface area contributed by atoms with E-state index < -0.39 is 5.97 Å². The molecule has 4 fully saturated rings. The maximum Gasteiger partial charge on any atom is 0.354 e. The fraction of sp³-hybridized carbons (Fsp3) is 0.647. The molecule has 0 amide bonds. The summed E-state index contributed by atoms with van der Waals surface area (Å²) < 4.78 is 0. The topological polar surface area (TPSA) is 50.2 Å². The Kier molecular flexibility index (Phi) is 2.66. The normalized spacial score (nSPS) is 38.1. The monoisotopic (exact) mass is 271 g/mol. The number of carbonyl (C=O) groups is 1. The van der Waals surface area contributed by atoms with E-state index in [1.165, 1.54) is 32.1 Å². The molecule has 1 heterocycles. The highest BCUT2D eigenvalue weighted by atomic mass is 16.4. The van der Waals surface area contributed by atoms with Crippen LogP contribution >= 0.6 is 0 Å². The zero-order valence-electron chi connectivity index (χ0n) is 11.9. The van der Waals surface area contributed by atoms with Gasteiger partial charge >= 0.3 is 5.97 Å². The van der Waals surface area contributed by atoms with Crippen LogP contribution in [0.5, 0.6) is 0 Å². The Bertz CT molecular complexity index is 538. The van der Waals surface area contributed by atoms with Crippen LogP contribution in [-0.2, 0) is 0 Å². The van der Waals surface area contributed by atoms with E-state index in [0.29, 0.717) is 23.4 Å². The van der Waals surface area contributed by atoms with Crippen molar-refractivity contribution in [3.05, 3.63) is 29.1 Å². The van der Waals surface area contributed by atoms with E-state index in [0.717, 1.165) is 23.0 Å². The van der Waals surface area contributed by atoms with Gasteiger partial charge in [0.1, 0.15) is 0 Å². The van der Waals surface area contributed by atoms with Crippen LogP contribution < -0.4 is 0 Å². The van der Waals surface area contributed by atoms with Gasteiger partial charge in [-0.3, -0.25) is 0 Å². The molecule has 0 atom stereocenters. The van der Waals surface area contributed by atoms with Crippen molar-refractivity contribution < 1.29 is 9.90 Å². The molecule has 4 saturated carbocycles. The standard InChI is InChI=1S/C17H21NO2/c1-9-2-3-18-16(17(19)20)14(9)15-12-5-10-4-11(7-12)8-13(15)6-10/h2-3,10-13,15H,4-8H2,1H3,(H,19,20). The summed E-state index contributed by atoms with van der Waals surface area (Å²) in [4.78, 5) is 15.7. The summed E-state index contributed by atoms with van der Waals surface area (Å²) in [5, 5.41) is 9.48. The van der Waals surface area contributed by atoms with Gasteiger partial charge in [-0.25, -0.2) is 9.78 Å². The van der Waals surface area contributed by atoms with Gasteiger partial charge in [-0.1, -0.05) is 0 Å². The average molecular weight is 271 g/mol. The molecule has 1 N–H and O–H groups in total. The lowest BCUT2D eigenvalue weighted by Crippen LogP contribution is -2.44. The van der Waals surface area contributed by atoms with E-state index in [1.54, 1.807) is 6.20 Å². The van der Waals surface area contributed by atoms with Crippen molar-refractivity contribution in [2.24, 2.45) is 23.7 Å². The van der Waals surface area contributed by atoms with Crippen molar-refractivity contribution in [1.29, 1.82) is 0 Å². The fourth-order valence-electron chi connectivity index (χ4n) is 5.56. The molecule has 3 heteroatoms. The molecule has 0 spiro atoms. The molecule has 5 rings (SSSR count). The van der Waals surface area contributed by atoms with Crippen LogP contribution in [0, 0.1) is 30.6 Å². The molecule has 0 radical (unpaired) electrons. The van der Waals surface area contributed by atoms with Crippen LogP contribution in [0.3, 0.4) is 0 Å². The van der Waals surface area contributed by atoms with Gasteiger partial charge in [0.25, 0.3) is 0 Å². The number of hydrogen-bond acceptors (Lipinski definition) is 2. The van der Waals surface area contributed by atoms with Crippen molar-refractivity contribution in [3.8, 4) is 0 Å². The predicted octanol–water partition coefficient (Wildman–Crippen LogP) is 3.63. The smallest absolute Gasteiger partial charge is 0.354 e. The van der Waals surface area contributed by atoms with Crippen molar-refractivity contribution in [2.75, 3.05) is 0 Å². The average Bonchev–Trinajstić information content (AvgIpc) is 2.38. The van der Waals surface area contributed by atoms with Gasteiger partial charge in [0.05, 0.1) is 0 Å². The molecule has 4 aliphatic carbocycles. The van der Waals surface area contributed by atoms with Gasteiger partial charge in [0, 0.05) is 6.20 Å². The maximum atomic E-state index is 11.5. The minimum atomic E-state index is -0.863. The minimum absolute atomic E-state index is 0.308. The van der Waals surface area contributed by atoms with Crippen LogP contribution in [0.2, 0.25) is 0 Å². The zero-order chi connectivity index (χ0) is 13.9. The number of pyridine rings is 1. The third-order valence-corrected chi connectivity index (χ3v) is 5.97. The SMILES string of the molecule is Cc1ccnc(C(=O)O)c1C1C2CC3CC(C2)CC1C3. The van der Waals surface area contributed by atoms with E-state index in [9.17, 15) is 9.90 Å². The molecule has 4 bridgehead atoms. The van der Waals surface area contributed by atoms with Crippen molar-refractivity contribution in [1.82, 2.24) is 4.98 Å². The first kappa shape index (κ1) is 12.4. The Morgan fingerprint density at radius 1 is 1.15 bits per heavy atom. The molecular formula is C17H21NO2. The van der Waals surface area contributed by atoms with Gasteiger partial charge in [-0.15, -0.1) is 0 Å². The summed E-state index contributed by atoms with van der Waals surface area (Å²) in [5.74, 6) is 2.82. The number of aromatic carboxylic acids is 1. The lowest BCUT2D eigenvalue weighted by Gasteiger charge is -2.55. The summed E-state index contributed by atoms with van der Waals surface area (Å²) in [5.41, 5.74) is 2.48. The zero-order valence-corrected chi connectivity index (χ0v) is 11.9. The van der Waals surface area contributed by atoms with Gasteiger partial charge < -0.3 is 5.11 Å². The summed E-state index contributed by atoms with van der Waals surface area (Å²) in [6, 6.07) is 1.98. The molecule has 20 heavy (non-hydrogen) atoms. The minimum Gasteiger partial charge on any atom is -0.477 e. The molecule has 4 aliphatic rings. The van der Waals surface area contributed by atoms with E-state index in [-0.39, 0.29) is 0 Å². The number of aromatic nitrogens is 1. The Balaban J connectivity index is 1.80. The van der Waals surface area contributed by atoms with E-state index in [2.05, 4.69) is 11.9 Å². The van der Waals surface area contributed by atoms with Gasteiger partial charge in [-0.2, -0.15) is 0 Å². The van der Waals surface area contributed by atoms with Crippen molar-refractivity contribution in [2.45, 2.75) is 44.9 Å².